The lowest BCUT2D eigenvalue weighted by molar-refractivity contribution is -0.269. The average Bonchev–Trinajstić information content (AvgIpc) is 2.87. The Labute approximate surface area is 168 Å². The molecule has 2 saturated carbocycles. The van der Waals surface area contributed by atoms with E-state index in [1.807, 2.05) is 0 Å². The van der Waals surface area contributed by atoms with Crippen LogP contribution in [0, 0.1) is 34.5 Å². The molecule has 1 aliphatic heterocycles. The zero-order valence-corrected chi connectivity index (χ0v) is 17.2. The van der Waals surface area contributed by atoms with Gasteiger partial charge in [0, 0.05) is 29.6 Å². The first-order valence-electron chi connectivity index (χ1n) is 10.0. The van der Waals surface area contributed by atoms with Crippen molar-refractivity contribution in [3.8, 4) is 0 Å². The molecular formula is C21H28O8. The molecule has 0 spiro atoms. The first kappa shape index (κ1) is 20.5. The van der Waals surface area contributed by atoms with E-state index in [9.17, 15) is 29.7 Å². The van der Waals surface area contributed by atoms with Crippen LogP contribution in [0.1, 0.15) is 34.6 Å². The number of hydrogen-bond acceptors (Lipinski definition) is 8. The molecule has 11 atom stereocenters. The summed E-state index contributed by atoms with van der Waals surface area (Å²) in [5, 5.41) is 32.9. The maximum atomic E-state index is 12.9. The molecule has 29 heavy (non-hydrogen) atoms. The van der Waals surface area contributed by atoms with E-state index in [0.29, 0.717) is 5.57 Å². The van der Waals surface area contributed by atoms with E-state index < -0.39 is 82.7 Å². The van der Waals surface area contributed by atoms with Crippen LogP contribution in [0.3, 0.4) is 0 Å². The van der Waals surface area contributed by atoms with Crippen LogP contribution in [0.5, 0.6) is 0 Å². The lowest BCUT2D eigenvalue weighted by Crippen LogP contribution is -2.74. The number of rotatable bonds is 1. The minimum absolute atomic E-state index is 0.507. The Morgan fingerprint density at radius 1 is 1.10 bits per heavy atom. The number of ketones is 1. The Kier molecular flexibility index (Phi) is 4.33. The summed E-state index contributed by atoms with van der Waals surface area (Å²) in [5.41, 5.74) is -1.73. The summed E-state index contributed by atoms with van der Waals surface area (Å²) < 4.78 is 11.4. The summed E-state index contributed by atoms with van der Waals surface area (Å²) in [7, 11) is 0. The van der Waals surface area contributed by atoms with Gasteiger partial charge in [-0.1, -0.05) is 26.3 Å². The number of carbonyl (C=O) groups is 3. The Morgan fingerprint density at radius 2 is 1.72 bits per heavy atom. The van der Waals surface area contributed by atoms with Crippen LogP contribution in [0.25, 0.3) is 0 Å². The van der Waals surface area contributed by atoms with Crippen molar-refractivity contribution >= 4 is 17.7 Å². The van der Waals surface area contributed by atoms with Gasteiger partial charge in [0.05, 0.1) is 18.1 Å². The summed E-state index contributed by atoms with van der Waals surface area (Å²) in [6, 6.07) is 0. The molecule has 3 N–H and O–H groups in total. The van der Waals surface area contributed by atoms with Crippen molar-refractivity contribution in [1.82, 2.24) is 0 Å². The number of carbonyl (C=O) groups excluding carboxylic acids is 3. The summed E-state index contributed by atoms with van der Waals surface area (Å²) >= 11 is 0. The summed E-state index contributed by atoms with van der Waals surface area (Å²) in [6.07, 6.45) is -4.45. The van der Waals surface area contributed by atoms with Crippen molar-refractivity contribution in [2.24, 2.45) is 34.5 Å². The maximum Gasteiger partial charge on any atom is 0.310 e. The number of aliphatic hydroxyl groups excluding tert-OH is 3. The normalized spacial score (nSPS) is 53.5. The predicted octanol–water partition coefficient (Wildman–Crippen LogP) is -0.0203. The van der Waals surface area contributed by atoms with Crippen molar-refractivity contribution in [3.63, 3.8) is 0 Å². The van der Waals surface area contributed by atoms with Gasteiger partial charge < -0.3 is 24.8 Å². The molecule has 0 aromatic carbocycles. The molecule has 8 nitrogen and oxygen atoms in total. The molecule has 3 aliphatic carbocycles. The molecule has 1 saturated heterocycles. The lowest BCUT2D eigenvalue weighted by atomic mass is 9.39. The van der Waals surface area contributed by atoms with E-state index in [4.69, 9.17) is 9.47 Å². The number of fused-ring (bicyclic) bond motifs is 2. The molecule has 0 radical (unpaired) electrons. The van der Waals surface area contributed by atoms with Gasteiger partial charge in [-0.2, -0.15) is 0 Å². The molecule has 4 aliphatic rings. The summed E-state index contributed by atoms with van der Waals surface area (Å²) in [4.78, 5) is 37.4. The monoisotopic (exact) mass is 408 g/mol. The van der Waals surface area contributed by atoms with Gasteiger partial charge in [-0.15, -0.1) is 0 Å². The molecule has 0 aromatic rings. The third-order valence-electron chi connectivity index (χ3n) is 8.19. The van der Waals surface area contributed by atoms with Crippen molar-refractivity contribution < 1.29 is 39.2 Å². The fraction of sp³-hybridized carbons (Fsp3) is 0.762. The SMILES string of the molecule is CC(=O)O[C@H]1[C@H]2OC(=O)[C@H]3[C@@H](C)[C@@H](O)[C@H](O)[C@@H]([C@@]4(C)[C@H](O)C(=O)C=C(C)[C@H]14)[C@@]23C. The third-order valence-corrected chi connectivity index (χ3v) is 8.19. The Hall–Kier alpha value is -1.77. The van der Waals surface area contributed by atoms with Crippen LogP contribution in [0.15, 0.2) is 11.6 Å². The molecule has 4 rings (SSSR count). The first-order valence-corrected chi connectivity index (χ1v) is 10.0. The van der Waals surface area contributed by atoms with E-state index in [2.05, 4.69) is 0 Å². The minimum atomic E-state index is -1.48. The van der Waals surface area contributed by atoms with Gasteiger partial charge in [0.1, 0.15) is 18.3 Å². The number of esters is 2. The molecule has 1 heterocycles. The van der Waals surface area contributed by atoms with E-state index in [1.165, 1.54) is 13.0 Å². The fourth-order valence-corrected chi connectivity index (χ4v) is 7.27. The topological polar surface area (TPSA) is 130 Å². The van der Waals surface area contributed by atoms with Gasteiger partial charge in [-0.3, -0.25) is 14.4 Å². The predicted molar refractivity (Wildman–Crippen MR) is 98.1 cm³/mol. The summed E-state index contributed by atoms with van der Waals surface area (Å²) in [5.74, 6) is -4.46. The van der Waals surface area contributed by atoms with Gasteiger partial charge in [0.25, 0.3) is 0 Å². The van der Waals surface area contributed by atoms with Crippen LogP contribution in [-0.2, 0) is 23.9 Å². The van der Waals surface area contributed by atoms with Crippen LogP contribution in [0.4, 0.5) is 0 Å². The molecule has 3 fully saturated rings. The number of ether oxygens (including phenoxy) is 2. The maximum absolute atomic E-state index is 12.9. The van der Waals surface area contributed by atoms with Crippen LogP contribution >= 0.6 is 0 Å². The number of aliphatic hydroxyl groups is 3. The highest BCUT2D eigenvalue weighted by atomic mass is 16.6. The Bertz CT molecular complexity index is 819. The second-order valence-electron chi connectivity index (χ2n) is 9.63. The third kappa shape index (κ3) is 2.28. The van der Waals surface area contributed by atoms with Crippen LogP contribution in [-0.4, -0.2) is 63.6 Å². The zero-order valence-electron chi connectivity index (χ0n) is 17.2. The van der Waals surface area contributed by atoms with Gasteiger partial charge >= 0.3 is 11.9 Å². The Morgan fingerprint density at radius 3 is 2.31 bits per heavy atom. The zero-order chi connectivity index (χ0) is 21.6. The van der Waals surface area contributed by atoms with Crippen LogP contribution in [0.2, 0.25) is 0 Å². The van der Waals surface area contributed by atoms with Crippen molar-refractivity contribution in [3.05, 3.63) is 11.6 Å². The molecular weight excluding hydrogens is 380 g/mol. The number of hydrogen-bond donors (Lipinski definition) is 3. The van der Waals surface area contributed by atoms with Crippen molar-refractivity contribution in [2.45, 2.75) is 65.1 Å². The highest BCUT2D eigenvalue weighted by molar-refractivity contribution is 5.96. The standard InChI is InChI=1S/C21H28O8/c1-7-6-10(23)17(26)20(4)11(7)15(28-9(3)22)18-21(5)12(19(27)29-18)8(2)13(24)14(25)16(20)21/h6,8,11-18,24-26H,1-5H3/t8-,11-,12-,13-,14+,15-,16+,17-,18-,20+,21+/m1/s1. The van der Waals surface area contributed by atoms with Gasteiger partial charge in [0.15, 0.2) is 5.78 Å². The van der Waals surface area contributed by atoms with E-state index in [0.717, 1.165) is 0 Å². The molecule has 160 valence electrons. The second-order valence-corrected chi connectivity index (χ2v) is 9.63. The Balaban J connectivity index is 2.01. The highest BCUT2D eigenvalue weighted by Gasteiger charge is 2.78. The molecule has 0 unspecified atom stereocenters. The molecule has 0 bridgehead atoms. The summed E-state index contributed by atoms with van der Waals surface area (Å²) in [6.45, 7) is 8.07. The fourth-order valence-electron chi connectivity index (χ4n) is 7.27. The first-order chi connectivity index (χ1) is 13.4. The van der Waals surface area contributed by atoms with E-state index >= 15 is 0 Å². The molecule has 8 heteroatoms. The lowest BCUT2D eigenvalue weighted by Gasteiger charge is -2.65. The smallest absolute Gasteiger partial charge is 0.310 e. The average molecular weight is 408 g/mol. The van der Waals surface area contributed by atoms with E-state index in [-0.39, 0.29) is 0 Å². The molecule has 0 amide bonds. The van der Waals surface area contributed by atoms with Crippen LogP contribution < -0.4 is 0 Å². The van der Waals surface area contributed by atoms with E-state index in [1.54, 1.807) is 27.7 Å². The minimum Gasteiger partial charge on any atom is -0.458 e. The van der Waals surface area contributed by atoms with Gasteiger partial charge in [-0.05, 0) is 18.9 Å². The molecule has 0 aromatic heterocycles. The van der Waals surface area contributed by atoms with Gasteiger partial charge in [0.2, 0.25) is 0 Å². The van der Waals surface area contributed by atoms with Gasteiger partial charge in [-0.25, -0.2) is 0 Å². The van der Waals surface area contributed by atoms with Crippen molar-refractivity contribution in [1.29, 1.82) is 0 Å². The highest BCUT2D eigenvalue weighted by Crippen LogP contribution is 2.69. The largest absolute Gasteiger partial charge is 0.458 e. The van der Waals surface area contributed by atoms with Crippen molar-refractivity contribution in [2.75, 3.05) is 0 Å². The quantitative estimate of drug-likeness (QED) is 0.516. The second kappa shape index (κ2) is 6.12.